The van der Waals surface area contributed by atoms with E-state index in [2.05, 4.69) is 5.32 Å². The summed E-state index contributed by atoms with van der Waals surface area (Å²) >= 11 is 0. The minimum absolute atomic E-state index is 0.0883. The largest absolute Gasteiger partial charge is 0.444 e. The molecule has 8 heteroatoms. The van der Waals surface area contributed by atoms with Gasteiger partial charge >= 0.3 is 12.0 Å². The zero-order chi connectivity index (χ0) is 17.9. The van der Waals surface area contributed by atoms with E-state index in [9.17, 15) is 19.5 Å². The van der Waals surface area contributed by atoms with Gasteiger partial charge in [0.1, 0.15) is 11.6 Å². The first kappa shape index (κ1) is 18.4. The number of hydrogen-bond donors (Lipinski definition) is 2. The summed E-state index contributed by atoms with van der Waals surface area (Å²) in [5, 5.41) is 12.9. The molecule has 0 bridgehead atoms. The molecule has 2 fully saturated rings. The Labute approximate surface area is 141 Å². The van der Waals surface area contributed by atoms with E-state index in [-0.39, 0.29) is 5.91 Å². The molecule has 1 unspecified atom stereocenters. The van der Waals surface area contributed by atoms with Crippen LogP contribution in [0.5, 0.6) is 0 Å². The number of carbonyl (C=O) groups excluding carboxylic acids is 3. The molecule has 0 aromatic carbocycles. The Morgan fingerprint density at radius 1 is 1.33 bits per heavy atom. The van der Waals surface area contributed by atoms with Crippen LogP contribution in [-0.4, -0.2) is 76.1 Å². The predicted molar refractivity (Wildman–Crippen MR) is 85.8 cm³/mol. The maximum atomic E-state index is 12.2. The number of carbonyl (C=O) groups is 3. The molecule has 2 rings (SSSR count). The number of aliphatic hydroxyl groups excluding tert-OH is 1. The molecule has 2 heterocycles. The Kier molecular flexibility index (Phi) is 5.58. The third-order valence-corrected chi connectivity index (χ3v) is 3.89. The minimum Gasteiger partial charge on any atom is -0.444 e. The van der Waals surface area contributed by atoms with E-state index < -0.39 is 29.7 Å². The van der Waals surface area contributed by atoms with Gasteiger partial charge in [-0.2, -0.15) is 4.58 Å². The molecular formula is C16H26N3O5+. The summed E-state index contributed by atoms with van der Waals surface area (Å²) in [4.78, 5) is 37.6. The number of nitrogens with zero attached hydrogens (tertiary/aromatic N) is 2. The first-order valence-electron chi connectivity index (χ1n) is 8.28. The maximum Gasteiger partial charge on any atom is 0.408 e. The molecule has 2 aliphatic heterocycles. The highest BCUT2D eigenvalue weighted by molar-refractivity contribution is 5.88. The van der Waals surface area contributed by atoms with Crippen molar-refractivity contribution in [2.45, 2.75) is 57.8 Å². The predicted octanol–water partition coefficient (Wildman–Crippen LogP) is -0.123. The number of ether oxygens (including phenoxy) is 1. The van der Waals surface area contributed by atoms with Crippen LogP contribution in [0.3, 0.4) is 0 Å². The Bertz CT molecular complexity index is 548. The highest BCUT2D eigenvalue weighted by atomic mass is 16.6. The molecule has 0 aliphatic carbocycles. The zero-order valence-electron chi connectivity index (χ0n) is 14.4. The molecule has 0 aromatic heterocycles. The summed E-state index contributed by atoms with van der Waals surface area (Å²) in [5.41, 5.74) is -0.704. The average molecular weight is 340 g/mol. The van der Waals surface area contributed by atoms with Gasteiger partial charge in [0.2, 0.25) is 0 Å². The smallest absolute Gasteiger partial charge is 0.408 e. The van der Waals surface area contributed by atoms with E-state index in [1.165, 1.54) is 15.7 Å². The second-order valence-electron chi connectivity index (χ2n) is 7.14. The van der Waals surface area contributed by atoms with Crippen molar-refractivity contribution in [3.63, 3.8) is 0 Å². The summed E-state index contributed by atoms with van der Waals surface area (Å²) in [6.07, 6.45) is 1.26. The van der Waals surface area contributed by atoms with Crippen molar-refractivity contribution >= 4 is 24.1 Å². The minimum atomic E-state index is -1.45. The fourth-order valence-corrected chi connectivity index (χ4v) is 2.54. The molecule has 0 aromatic rings. The van der Waals surface area contributed by atoms with Gasteiger partial charge in [0.15, 0.2) is 18.9 Å². The number of hydrogen-bond acceptors (Lipinski definition) is 5. The first-order chi connectivity index (χ1) is 11.2. The molecule has 0 saturated carbocycles. The zero-order valence-corrected chi connectivity index (χ0v) is 14.4. The molecule has 2 atom stereocenters. The van der Waals surface area contributed by atoms with Crippen molar-refractivity contribution in [3.05, 3.63) is 0 Å². The third kappa shape index (κ3) is 4.77. The number of rotatable bonds is 4. The average Bonchev–Trinajstić information content (AvgIpc) is 2.78. The molecule has 2 aliphatic rings. The lowest BCUT2D eigenvalue weighted by Crippen LogP contribution is -2.56. The van der Waals surface area contributed by atoms with Crippen LogP contribution in [-0.2, 0) is 14.3 Å². The van der Waals surface area contributed by atoms with Crippen LogP contribution in [0.1, 0.15) is 40.0 Å². The van der Waals surface area contributed by atoms with E-state index in [4.69, 9.17) is 4.74 Å². The molecule has 0 radical (unpaired) electrons. The second kappa shape index (κ2) is 7.29. The van der Waals surface area contributed by atoms with E-state index in [0.717, 1.165) is 6.42 Å². The lowest BCUT2D eigenvalue weighted by atomic mass is 10.1. The van der Waals surface area contributed by atoms with Crippen LogP contribution in [0.15, 0.2) is 0 Å². The number of aliphatic hydroxyl groups is 1. The van der Waals surface area contributed by atoms with Crippen LogP contribution in [0.25, 0.3) is 0 Å². The summed E-state index contributed by atoms with van der Waals surface area (Å²) < 4.78 is 6.62. The lowest BCUT2D eigenvalue weighted by molar-refractivity contribution is -0.430. The summed E-state index contributed by atoms with van der Waals surface area (Å²) in [6, 6.07) is -1.02. The van der Waals surface area contributed by atoms with E-state index in [1.807, 2.05) is 0 Å². The number of likely N-dealkylation sites (tertiary alicyclic amines) is 1. The quantitative estimate of drug-likeness (QED) is 0.695. The van der Waals surface area contributed by atoms with Crippen molar-refractivity contribution in [3.8, 4) is 0 Å². The number of amides is 3. The topological polar surface area (TPSA) is 99.0 Å². The van der Waals surface area contributed by atoms with Crippen molar-refractivity contribution in [2.24, 2.45) is 0 Å². The van der Waals surface area contributed by atoms with Gasteiger partial charge in [-0.1, -0.05) is 0 Å². The van der Waals surface area contributed by atoms with Gasteiger partial charge in [-0.15, -0.1) is 0 Å². The molecular weight excluding hydrogens is 314 g/mol. The molecule has 24 heavy (non-hydrogen) atoms. The van der Waals surface area contributed by atoms with Crippen LogP contribution >= 0.6 is 0 Å². The van der Waals surface area contributed by atoms with Crippen LogP contribution in [0, 0.1) is 0 Å². The lowest BCUT2D eigenvalue weighted by Gasteiger charge is -2.33. The normalized spacial score (nSPS) is 22.1. The van der Waals surface area contributed by atoms with Crippen molar-refractivity contribution in [1.29, 1.82) is 0 Å². The monoisotopic (exact) mass is 340 g/mol. The van der Waals surface area contributed by atoms with Crippen LogP contribution < -0.4 is 5.32 Å². The number of alkyl carbamates (subject to hydrolysis) is 1. The van der Waals surface area contributed by atoms with E-state index in [0.29, 0.717) is 32.5 Å². The fraction of sp³-hybridized carbons (Fsp3) is 0.750. The molecule has 0 spiro atoms. The van der Waals surface area contributed by atoms with Crippen molar-refractivity contribution in [2.75, 3.05) is 19.6 Å². The second-order valence-corrected chi connectivity index (χ2v) is 7.14. The van der Waals surface area contributed by atoms with Gasteiger partial charge in [-0.3, -0.25) is 4.79 Å². The van der Waals surface area contributed by atoms with E-state index in [1.54, 1.807) is 20.8 Å². The molecule has 2 N–H and O–H groups in total. The van der Waals surface area contributed by atoms with Gasteiger partial charge < -0.3 is 20.1 Å². The van der Waals surface area contributed by atoms with Crippen LogP contribution in [0.4, 0.5) is 4.79 Å². The molecule has 3 amide bonds. The summed E-state index contributed by atoms with van der Waals surface area (Å²) in [5.74, 6) is -0.542. The first-order valence-corrected chi connectivity index (χ1v) is 8.28. The highest BCUT2D eigenvalue weighted by Crippen LogP contribution is 2.12. The Morgan fingerprint density at radius 2 is 2.00 bits per heavy atom. The van der Waals surface area contributed by atoms with Gasteiger partial charge in [-0.25, -0.2) is 9.59 Å². The Hall–Kier alpha value is -1.96. The number of nitrogens with one attached hydrogen (secondary N) is 1. The van der Waals surface area contributed by atoms with E-state index >= 15 is 0 Å². The third-order valence-electron chi connectivity index (χ3n) is 3.89. The summed E-state index contributed by atoms with van der Waals surface area (Å²) in [7, 11) is 0. The molecule has 8 nitrogen and oxygen atoms in total. The van der Waals surface area contributed by atoms with Gasteiger partial charge in [0, 0.05) is 19.5 Å². The molecule has 134 valence electrons. The maximum absolute atomic E-state index is 12.2. The van der Waals surface area contributed by atoms with Crippen LogP contribution in [0.2, 0.25) is 0 Å². The van der Waals surface area contributed by atoms with Crippen molar-refractivity contribution in [1.82, 2.24) is 10.2 Å². The standard InChI is InChI=1S/C16H25N3O5/c1-16(2,3)24-15(23)17-11(10-19-7-4-6-12(19)20)13(21)14(22)18-8-5-9-18/h10-11,13,21H,4-9H2,1-3H3/p+1/b19-10+/t11-,13?/m0/s1. The van der Waals surface area contributed by atoms with Crippen molar-refractivity contribution < 1.29 is 28.8 Å². The molecule has 2 saturated heterocycles. The Balaban J connectivity index is 2.12. The fourth-order valence-electron chi connectivity index (χ4n) is 2.54. The highest BCUT2D eigenvalue weighted by Gasteiger charge is 2.37. The summed E-state index contributed by atoms with van der Waals surface area (Å²) in [6.45, 7) is 6.86. The SMILES string of the molecule is CC(C)(C)OC(=O)N[C@@H](/C=[N+]1\CCCC1=O)C(O)C(=O)N1CCC1. The van der Waals surface area contributed by atoms with Gasteiger partial charge in [-0.05, 0) is 27.2 Å². The van der Waals surface area contributed by atoms with Gasteiger partial charge in [0.05, 0.1) is 6.42 Å². The Morgan fingerprint density at radius 3 is 2.46 bits per heavy atom. The van der Waals surface area contributed by atoms with Gasteiger partial charge in [0.25, 0.3) is 5.91 Å².